The minimum atomic E-state index is -0.612. The molecule has 0 saturated heterocycles. The molecular formula is C18H22O3. The Kier molecular flexibility index (Phi) is 5.78. The SMILES string of the molecule is COCCc1ccc(OCC(O)c2ccccc2C)cc1. The van der Waals surface area contributed by atoms with Gasteiger partial charge in [-0.15, -0.1) is 0 Å². The fourth-order valence-electron chi connectivity index (χ4n) is 2.20. The van der Waals surface area contributed by atoms with Gasteiger partial charge in [0.05, 0.1) is 6.61 Å². The number of aliphatic hydroxyl groups is 1. The van der Waals surface area contributed by atoms with Crippen LogP contribution in [-0.2, 0) is 11.2 Å². The van der Waals surface area contributed by atoms with Crippen molar-refractivity contribution in [1.29, 1.82) is 0 Å². The molecule has 0 fully saturated rings. The van der Waals surface area contributed by atoms with Crippen molar-refractivity contribution >= 4 is 0 Å². The lowest BCUT2D eigenvalue weighted by Crippen LogP contribution is -2.10. The number of aliphatic hydroxyl groups excluding tert-OH is 1. The molecule has 112 valence electrons. The molecule has 0 aliphatic heterocycles. The Morgan fingerprint density at radius 2 is 1.76 bits per heavy atom. The van der Waals surface area contributed by atoms with Crippen LogP contribution in [0.15, 0.2) is 48.5 Å². The number of hydrogen-bond donors (Lipinski definition) is 1. The topological polar surface area (TPSA) is 38.7 Å². The highest BCUT2D eigenvalue weighted by Gasteiger charge is 2.10. The van der Waals surface area contributed by atoms with Crippen molar-refractivity contribution < 1.29 is 14.6 Å². The van der Waals surface area contributed by atoms with E-state index in [2.05, 4.69) is 0 Å². The Hall–Kier alpha value is -1.84. The lowest BCUT2D eigenvalue weighted by Gasteiger charge is -2.15. The van der Waals surface area contributed by atoms with Gasteiger partial charge in [0.2, 0.25) is 0 Å². The Labute approximate surface area is 126 Å². The zero-order valence-corrected chi connectivity index (χ0v) is 12.6. The fourth-order valence-corrected chi connectivity index (χ4v) is 2.20. The van der Waals surface area contributed by atoms with Crippen molar-refractivity contribution in [2.45, 2.75) is 19.4 Å². The second-order valence-corrected chi connectivity index (χ2v) is 5.07. The zero-order valence-electron chi connectivity index (χ0n) is 12.6. The minimum Gasteiger partial charge on any atom is -0.491 e. The van der Waals surface area contributed by atoms with Crippen LogP contribution in [0.1, 0.15) is 22.8 Å². The van der Waals surface area contributed by atoms with Crippen molar-refractivity contribution in [3.63, 3.8) is 0 Å². The van der Waals surface area contributed by atoms with E-state index >= 15 is 0 Å². The van der Waals surface area contributed by atoms with E-state index in [0.717, 1.165) is 23.3 Å². The number of rotatable bonds is 7. The highest BCUT2D eigenvalue weighted by molar-refractivity contribution is 5.29. The Morgan fingerprint density at radius 1 is 1.05 bits per heavy atom. The van der Waals surface area contributed by atoms with Crippen LogP contribution in [0.5, 0.6) is 5.75 Å². The van der Waals surface area contributed by atoms with Gasteiger partial charge in [0.1, 0.15) is 18.5 Å². The van der Waals surface area contributed by atoms with E-state index < -0.39 is 6.10 Å². The van der Waals surface area contributed by atoms with Gasteiger partial charge < -0.3 is 14.6 Å². The normalized spacial score (nSPS) is 12.1. The van der Waals surface area contributed by atoms with Gasteiger partial charge in [0.15, 0.2) is 0 Å². The third-order valence-corrected chi connectivity index (χ3v) is 3.47. The van der Waals surface area contributed by atoms with Crippen molar-refractivity contribution in [3.05, 3.63) is 65.2 Å². The highest BCUT2D eigenvalue weighted by Crippen LogP contribution is 2.19. The molecule has 0 bridgehead atoms. The third-order valence-electron chi connectivity index (χ3n) is 3.47. The average Bonchev–Trinajstić information content (AvgIpc) is 2.52. The molecule has 0 radical (unpaired) electrons. The molecule has 2 aromatic rings. The Balaban J connectivity index is 1.89. The van der Waals surface area contributed by atoms with Gasteiger partial charge in [-0.2, -0.15) is 0 Å². The summed E-state index contributed by atoms with van der Waals surface area (Å²) in [5, 5.41) is 10.2. The summed E-state index contributed by atoms with van der Waals surface area (Å²) in [6, 6.07) is 15.7. The van der Waals surface area contributed by atoms with Gasteiger partial charge in [0, 0.05) is 7.11 Å². The summed E-state index contributed by atoms with van der Waals surface area (Å²) in [5.74, 6) is 0.767. The molecule has 2 rings (SSSR count). The first-order valence-corrected chi connectivity index (χ1v) is 7.15. The lowest BCUT2D eigenvalue weighted by molar-refractivity contribution is 0.107. The minimum absolute atomic E-state index is 0.252. The predicted molar refractivity (Wildman–Crippen MR) is 83.7 cm³/mol. The van der Waals surface area contributed by atoms with Crippen LogP contribution < -0.4 is 4.74 Å². The maximum atomic E-state index is 10.2. The van der Waals surface area contributed by atoms with Crippen LogP contribution in [-0.4, -0.2) is 25.4 Å². The predicted octanol–water partition coefficient (Wildman–Crippen LogP) is 3.30. The summed E-state index contributed by atoms with van der Waals surface area (Å²) in [4.78, 5) is 0. The molecule has 3 heteroatoms. The maximum Gasteiger partial charge on any atom is 0.119 e. The zero-order chi connectivity index (χ0) is 15.1. The first-order valence-electron chi connectivity index (χ1n) is 7.15. The van der Waals surface area contributed by atoms with E-state index in [1.54, 1.807) is 7.11 Å². The summed E-state index contributed by atoms with van der Waals surface area (Å²) >= 11 is 0. The van der Waals surface area contributed by atoms with Crippen LogP contribution in [0, 0.1) is 6.92 Å². The molecule has 0 aromatic heterocycles. The number of ether oxygens (including phenoxy) is 2. The van der Waals surface area contributed by atoms with Crippen molar-refractivity contribution in [3.8, 4) is 5.75 Å². The quantitative estimate of drug-likeness (QED) is 0.849. The van der Waals surface area contributed by atoms with Gasteiger partial charge in [-0.1, -0.05) is 36.4 Å². The average molecular weight is 286 g/mol. The van der Waals surface area contributed by atoms with Crippen LogP contribution >= 0.6 is 0 Å². The van der Waals surface area contributed by atoms with Gasteiger partial charge in [-0.25, -0.2) is 0 Å². The second kappa shape index (κ2) is 7.81. The van der Waals surface area contributed by atoms with Gasteiger partial charge >= 0.3 is 0 Å². The molecule has 0 amide bonds. The summed E-state index contributed by atoms with van der Waals surface area (Å²) in [7, 11) is 1.70. The van der Waals surface area contributed by atoms with Crippen molar-refractivity contribution in [2.75, 3.05) is 20.3 Å². The molecule has 0 aliphatic carbocycles. The molecule has 1 atom stereocenters. The molecule has 0 heterocycles. The van der Waals surface area contributed by atoms with Crippen LogP contribution in [0.2, 0.25) is 0 Å². The first kappa shape index (κ1) is 15.5. The number of aryl methyl sites for hydroxylation is 1. The Morgan fingerprint density at radius 3 is 2.43 bits per heavy atom. The van der Waals surface area contributed by atoms with E-state index in [-0.39, 0.29) is 6.61 Å². The summed E-state index contributed by atoms with van der Waals surface area (Å²) in [5.41, 5.74) is 3.20. The summed E-state index contributed by atoms with van der Waals surface area (Å²) in [6.45, 7) is 2.96. The van der Waals surface area contributed by atoms with E-state index in [1.807, 2.05) is 55.5 Å². The van der Waals surface area contributed by atoms with E-state index in [9.17, 15) is 5.11 Å². The van der Waals surface area contributed by atoms with Crippen LogP contribution in [0.4, 0.5) is 0 Å². The number of methoxy groups -OCH3 is 1. The molecular weight excluding hydrogens is 264 g/mol. The molecule has 21 heavy (non-hydrogen) atoms. The molecule has 0 saturated carbocycles. The smallest absolute Gasteiger partial charge is 0.119 e. The first-order chi connectivity index (χ1) is 10.2. The largest absolute Gasteiger partial charge is 0.491 e. The number of benzene rings is 2. The second-order valence-electron chi connectivity index (χ2n) is 5.07. The highest BCUT2D eigenvalue weighted by atomic mass is 16.5. The summed E-state index contributed by atoms with van der Waals surface area (Å²) < 4.78 is 10.7. The monoisotopic (exact) mass is 286 g/mol. The van der Waals surface area contributed by atoms with Crippen molar-refractivity contribution in [2.24, 2.45) is 0 Å². The van der Waals surface area contributed by atoms with E-state index in [0.29, 0.717) is 6.61 Å². The maximum absolute atomic E-state index is 10.2. The van der Waals surface area contributed by atoms with Gasteiger partial charge in [0.25, 0.3) is 0 Å². The summed E-state index contributed by atoms with van der Waals surface area (Å²) in [6.07, 6.45) is 0.280. The molecule has 1 unspecified atom stereocenters. The Bertz CT molecular complexity index is 549. The molecule has 1 N–H and O–H groups in total. The van der Waals surface area contributed by atoms with Gasteiger partial charge in [-0.3, -0.25) is 0 Å². The third kappa shape index (κ3) is 4.59. The molecule has 0 aliphatic rings. The van der Waals surface area contributed by atoms with E-state index in [1.165, 1.54) is 5.56 Å². The van der Waals surface area contributed by atoms with Crippen LogP contribution in [0.3, 0.4) is 0 Å². The lowest BCUT2D eigenvalue weighted by atomic mass is 10.0. The standard InChI is InChI=1S/C18H22O3/c1-14-5-3-4-6-17(14)18(19)13-21-16-9-7-15(8-10-16)11-12-20-2/h3-10,18-19H,11-13H2,1-2H3. The molecule has 2 aromatic carbocycles. The van der Waals surface area contributed by atoms with Crippen LogP contribution in [0.25, 0.3) is 0 Å². The number of hydrogen-bond acceptors (Lipinski definition) is 3. The van der Waals surface area contributed by atoms with Gasteiger partial charge in [-0.05, 0) is 42.2 Å². The van der Waals surface area contributed by atoms with Crippen molar-refractivity contribution in [1.82, 2.24) is 0 Å². The fraction of sp³-hybridized carbons (Fsp3) is 0.333. The van der Waals surface area contributed by atoms with E-state index in [4.69, 9.17) is 9.47 Å². The molecule has 3 nitrogen and oxygen atoms in total. The molecule has 0 spiro atoms.